The Kier molecular flexibility index (Phi) is 14.9. The predicted octanol–water partition coefficient (Wildman–Crippen LogP) is 11.0. The maximum absolute atomic E-state index is 13.4. The molecule has 2 heterocycles. The molecule has 9 heteroatoms. The Morgan fingerprint density at radius 3 is 1.95 bits per heavy atom. The first-order valence-electron chi connectivity index (χ1n) is 22.6. The Balaban J connectivity index is 0.000000193. The number of benzene rings is 4. The molecule has 6 aromatic rings. The summed E-state index contributed by atoms with van der Waals surface area (Å²) in [4.78, 5) is 45.0. The summed E-state index contributed by atoms with van der Waals surface area (Å²) in [7, 11) is 0. The number of rotatable bonds is 14. The molecule has 4 aromatic carbocycles. The normalized spacial score (nSPS) is 16.1. The van der Waals surface area contributed by atoms with E-state index >= 15 is 0 Å². The molecule has 2 aromatic heterocycles. The first-order chi connectivity index (χ1) is 30.5. The van der Waals surface area contributed by atoms with Gasteiger partial charge in [0.05, 0.1) is 6.04 Å². The number of amides is 1. The number of H-pyrrole nitrogens is 2. The number of carbonyl (C=O) groups is 3. The molecule has 2 aliphatic rings. The number of nitrogens with one attached hydrogen (secondary N) is 3. The van der Waals surface area contributed by atoms with Crippen molar-refractivity contribution in [1.29, 1.82) is 0 Å². The number of ketones is 2. The van der Waals surface area contributed by atoms with Crippen LogP contribution in [0.25, 0.3) is 34.0 Å². The lowest BCUT2D eigenvalue weighted by molar-refractivity contribution is -0.117. The Labute approximate surface area is 371 Å². The fraction of sp³-hybridized carbons (Fsp3) is 0.352. The summed E-state index contributed by atoms with van der Waals surface area (Å²) in [6, 6.07) is 29.8. The molecule has 4 N–H and O–H groups in total. The van der Waals surface area contributed by atoms with E-state index in [1.165, 1.54) is 62.2 Å². The Hall–Kier alpha value is -6.03. The topological polar surface area (TPSA) is 128 Å². The summed E-state index contributed by atoms with van der Waals surface area (Å²) in [5.41, 5.74) is 11.5. The van der Waals surface area contributed by atoms with E-state index in [2.05, 4.69) is 88.2 Å². The van der Waals surface area contributed by atoms with E-state index < -0.39 is 12.2 Å². The molecule has 0 saturated carbocycles. The average Bonchev–Trinajstić information content (AvgIpc) is 3.91. The lowest BCUT2D eigenvalue weighted by Crippen LogP contribution is -2.41. The van der Waals surface area contributed by atoms with Crippen molar-refractivity contribution in [3.63, 3.8) is 0 Å². The first kappa shape index (κ1) is 45.0. The van der Waals surface area contributed by atoms with Gasteiger partial charge < -0.3 is 30.0 Å². The number of aliphatic hydroxyl groups is 1. The van der Waals surface area contributed by atoms with Crippen molar-refractivity contribution in [2.45, 2.75) is 103 Å². The maximum Gasteiger partial charge on any atom is 0.410 e. The molecule has 63 heavy (non-hydrogen) atoms. The van der Waals surface area contributed by atoms with Gasteiger partial charge in [0.15, 0.2) is 11.6 Å². The van der Waals surface area contributed by atoms with Gasteiger partial charge in [-0.15, -0.1) is 0 Å². The van der Waals surface area contributed by atoms with Crippen molar-refractivity contribution in [3.05, 3.63) is 154 Å². The van der Waals surface area contributed by atoms with Gasteiger partial charge in [0.1, 0.15) is 12.2 Å². The minimum Gasteiger partial charge on any atom is -0.444 e. The van der Waals surface area contributed by atoms with E-state index in [4.69, 9.17) is 9.84 Å². The molecule has 8 rings (SSSR count). The van der Waals surface area contributed by atoms with Crippen LogP contribution >= 0.6 is 0 Å². The van der Waals surface area contributed by atoms with E-state index in [9.17, 15) is 14.4 Å². The van der Waals surface area contributed by atoms with Gasteiger partial charge in [-0.1, -0.05) is 91.9 Å². The fourth-order valence-corrected chi connectivity index (χ4v) is 8.93. The van der Waals surface area contributed by atoms with Crippen molar-refractivity contribution in [3.8, 4) is 0 Å². The van der Waals surface area contributed by atoms with E-state index in [0.717, 1.165) is 68.1 Å². The highest BCUT2D eigenvalue weighted by Gasteiger charge is 2.32. The average molecular weight is 847 g/mol. The predicted molar refractivity (Wildman–Crippen MR) is 255 cm³/mol. The first-order valence-corrected chi connectivity index (χ1v) is 22.6. The van der Waals surface area contributed by atoms with Gasteiger partial charge in [-0.3, -0.25) is 9.59 Å². The van der Waals surface area contributed by atoms with Crippen LogP contribution in [0.3, 0.4) is 0 Å². The zero-order chi connectivity index (χ0) is 44.3. The molecule has 1 amide bonds. The van der Waals surface area contributed by atoms with E-state index in [-0.39, 0.29) is 23.7 Å². The number of hydrogen-bond acceptors (Lipinski definition) is 6. The Morgan fingerprint density at radius 1 is 0.762 bits per heavy atom. The zero-order valence-electron chi connectivity index (χ0n) is 37.2. The molecule has 0 spiro atoms. The van der Waals surface area contributed by atoms with Crippen LogP contribution in [0.1, 0.15) is 116 Å². The summed E-state index contributed by atoms with van der Waals surface area (Å²) in [5, 5.41) is 15.1. The number of aromatic amines is 2. The van der Waals surface area contributed by atoms with Crippen molar-refractivity contribution < 1.29 is 24.2 Å². The molecule has 2 aliphatic carbocycles. The van der Waals surface area contributed by atoms with Gasteiger partial charge >= 0.3 is 6.09 Å². The van der Waals surface area contributed by atoms with Crippen molar-refractivity contribution in [2.75, 3.05) is 19.7 Å². The Morgan fingerprint density at radius 2 is 1.33 bits per heavy atom. The van der Waals surface area contributed by atoms with Crippen LogP contribution in [0.5, 0.6) is 0 Å². The fourth-order valence-electron chi connectivity index (χ4n) is 8.93. The number of aliphatic hydroxyl groups excluding tert-OH is 1. The standard InChI is InChI=1S/C30H36N2O3.C24H26N2O2/c1-5-24(33)15-13-21-14-16-26-22(19-21)9-8-12-28(26)32(29(34)35-30(2,3)4)18-17-23-20-31-27-11-7-6-10-25(23)27;27-16-20(28)10-8-17-9-11-22-18(14-17)4-3-7-23(22)25-13-12-19-15-26-24-6-2-1-5-21(19)24/h6-7,10-11,13-16,19-20,28,31H,5,8-9,12,17-18H2,1-4H3;1-2,5-6,8-11,14-15,23,25-27H,3-4,7,12-13,16H2/b15-13+;10-8+. The van der Waals surface area contributed by atoms with Crippen molar-refractivity contribution in [1.82, 2.24) is 20.2 Å². The van der Waals surface area contributed by atoms with Crippen LogP contribution in [0.15, 0.2) is 109 Å². The van der Waals surface area contributed by atoms with Gasteiger partial charge in [-0.05, 0) is 147 Å². The van der Waals surface area contributed by atoms with Crippen LogP contribution in [0.2, 0.25) is 0 Å². The number of fused-ring (bicyclic) bond motifs is 4. The number of para-hydroxylation sites is 2. The van der Waals surface area contributed by atoms with Gasteiger partial charge in [0.25, 0.3) is 0 Å². The van der Waals surface area contributed by atoms with Crippen LogP contribution in [-0.4, -0.2) is 62.9 Å². The number of nitrogens with zero attached hydrogens (tertiary/aromatic N) is 1. The highest BCUT2D eigenvalue weighted by atomic mass is 16.6. The number of aryl methyl sites for hydroxylation is 2. The highest BCUT2D eigenvalue weighted by molar-refractivity contribution is 5.94. The summed E-state index contributed by atoms with van der Waals surface area (Å²) >= 11 is 0. The monoisotopic (exact) mass is 846 g/mol. The molecule has 2 atom stereocenters. The minimum absolute atomic E-state index is 0.0332. The molecule has 0 radical (unpaired) electrons. The summed E-state index contributed by atoms with van der Waals surface area (Å²) in [6.45, 7) is 8.68. The summed E-state index contributed by atoms with van der Waals surface area (Å²) in [6.07, 6.45) is 19.2. The molecular formula is C54H62N4O5. The van der Waals surface area contributed by atoms with Crippen molar-refractivity contribution in [2.24, 2.45) is 0 Å². The molecular weight excluding hydrogens is 785 g/mol. The third-order valence-corrected chi connectivity index (χ3v) is 12.1. The molecule has 328 valence electrons. The molecule has 0 aliphatic heterocycles. The molecule has 9 nitrogen and oxygen atoms in total. The highest BCUT2D eigenvalue weighted by Crippen LogP contribution is 2.37. The minimum atomic E-state index is -0.561. The summed E-state index contributed by atoms with van der Waals surface area (Å²) < 4.78 is 5.86. The number of carbonyl (C=O) groups excluding carboxylic acids is 3. The van der Waals surface area contributed by atoms with Gasteiger partial charge in [0, 0.05) is 53.2 Å². The Bertz CT molecular complexity index is 2590. The molecule has 0 fully saturated rings. The van der Waals surface area contributed by atoms with Crippen LogP contribution in [0.4, 0.5) is 4.79 Å². The smallest absolute Gasteiger partial charge is 0.410 e. The third-order valence-electron chi connectivity index (χ3n) is 12.1. The number of allylic oxidation sites excluding steroid dienone is 1. The second-order valence-electron chi connectivity index (χ2n) is 17.7. The number of hydrogen-bond donors (Lipinski definition) is 4. The van der Waals surface area contributed by atoms with Crippen molar-refractivity contribution >= 4 is 51.6 Å². The van der Waals surface area contributed by atoms with E-state index in [0.29, 0.717) is 19.0 Å². The van der Waals surface area contributed by atoms with Gasteiger partial charge in [0.2, 0.25) is 0 Å². The maximum atomic E-state index is 13.4. The SMILES string of the molecule is CCC(=O)/C=C/c1ccc2c(c1)CCCC2N(CCc1c[nH]c2ccccc12)C(=O)OC(C)(C)C.O=C(/C=C/c1ccc2c(c1)CCCC2NCCc1c[nH]c2ccccc12)CO. The molecule has 2 unspecified atom stereocenters. The van der Waals surface area contributed by atoms with Gasteiger partial charge in [-0.25, -0.2) is 4.79 Å². The quantitative estimate of drug-likeness (QED) is 0.0809. The second kappa shape index (κ2) is 20.9. The van der Waals surface area contributed by atoms with Gasteiger partial charge in [-0.2, -0.15) is 0 Å². The molecule has 0 bridgehead atoms. The molecule has 0 saturated heterocycles. The number of ether oxygens (including phenoxy) is 1. The number of aromatic nitrogens is 2. The summed E-state index contributed by atoms with van der Waals surface area (Å²) in [5.74, 6) is -0.150. The lowest BCUT2D eigenvalue weighted by Gasteiger charge is -2.37. The van der Waals surface area contributed by atoms with Crippen LogP contribution < -0.4 is 5.32 Å². The second-order valence-corrected chi connectivity index (χ2v) is 17.7. The van der Waals surface area contributed by atoms with Crippen LogP contribution in [-0.2, 0) is 40.0 Å². The zero-order valence-corrected chi connectivity index (χ0v) is 37.2. The van der Waals surface area contributed by atoms with Crippen LogP contribution in [0, 0.1) is 0 Å². The third kappa shape index (κ3) is 11.7. The largest absolute Gasteiger partial charge is 0.444 e. The van der Waals surface area contributed by atoms with E-state index in [1.54, 1.807) is 12.2 Å². The lowest BCUT2D eigenvalue weighted by atomic mass is 9.85. The van der Waals surface area contributed by atoms with E-state index in [1.807, 2.05) is 63.1 Å².